The first-order chi connectivity index (χ1) is 6.19. The Balaban J connectivity index is 2.96. The Bertz CT molecular complexity index is 307. The first kappa shape index (κ1) is 10.1. The van der Waals surface area contributed by atoms with E-state index in [-0.39, 0.29) is 5.91 Å². The largest absolute Gasteiger partial charge is 0.492 e. The Morgan fingerprint density at radius 2 is 2.38 bits per heavy atom. The van der Waals surface area contributed by atoms with Crippen LogP contribution in [0, 0.1) is 6.92 Å². The number of rotatable bonds is 3. The van der Waals surface area contributed by atoms with Crippen LogP contribution < -0.4 is 10.1 Å². The quantitative estimate of drug-likeness (QED) is 0.806. The summed E-state index contributed by atoms with van der Waals surface area (Å²) in [6.45, 7) is 4.44. The van der Waals surface area contributed by atoms with E-state index in [1.54, 1.807) is 7.05 Å². The Labute approximate surface area is 81.7 Å². The van der Waals surface area contributed by atoms with Crippen molar-refractivity contribution in [1.82, 2.24) is 5.32 Å². The normalized spacial score (nSPS) is 9.77. The molecule has 1 amide bonds. The lowest BCUT2D eigenvalue weighted by Crippen LogP contribution is -2.17. The molecule has 0 saturated carbocycles. The van der Waals surface area contributed by atoms with Crippen LogP contribution in [0.25, 0.3) is 0 Å². The summed E-state index contributed by atoms with van der Waals surface area (Å²) in [5.74, 6) is 0.603. The molecule has 0 aliphatic carbocycles. The van der Waals surface area contributed by atoms with E-state index in [0.717, 1.165) is 4.88 Å². The lowest BCUT2D eigenvalue weighted by atomic mass is 10.4. The zero-order chi connectivity index (χ0) is 9.84. The zero-order valence-electron chi connectivity index (χ0n) is 8.01. The van der Waals surface area contributed by atoms with Gasteiger partial charge in [0.2, 0.25) is 0 Å². The molecule has 0 aliphatic rings. The number of amides is 1. The lowest BCUT2D eigenvalue weighted by molar-refractivity contribution is 0.0964. The van der Waals surface area contributed by atoms with Crippen molar-refractivity contribution in [3.8, 4) is 5.75 Å². The van der Waals surface area contributed by atoms with Crippen LogP contribution >= 0.6 is 11.3 Å². The van der Waals surface area contributed by atoms with Gasteiger partial charge >= 0.3 is 0 Å². The highest BCUT2D eigenvalue weighted by Gasteiger charge is 2.14. The first-order valence-electron chi connectivity index (χ1n) is 4.14. The third-order valence-electron chi connectivity index (χ3n) is 1.55. The number of carbonyl (C=O) groups excluding carboxylic acids is 1. The minimum absolute atomic E-state index is 0.0819. The maximum Gasteiger partial charge on any atom is 0.264 e. The monoisotopic (exact) mass is 199 g/mol. The van der Waals surface area contributed by atoms with Crippen LogP contribution in [0.15, 0.2) is 6.07 Å². The van der Waals surface area contributed by atoms with Crippen LogP contribution in [0.2, 0.25) is 0 Å². The summed E-state index contributed by atoms with van der Waals surface area (Å²) < 4.78 is 5.33. The molecule has 0 radical (unpaired) electrons. The van der Waals surface area contributed by atoms with Crippen molar-refractivity contribution in [2.24, 2.45) is 0 Å². The molecule has 4 heteroatoms. The molecule has 1 aromatic rings. The third-order valence-corrected chi connectivity index (χ3v) is 2.58. The van der Waals surface area contributed by atoms with Crippen LogP contribution in [0.4, 0.5) is 0 Å². The van der Waals surface area contributed by atoms with Crippen molar-refractivity contribution in [1.29, 1.82) is 0 Å². The molecule has 13 heavy (non-hydrogen) atoms. The predicted octanol–water partition coefficient (Wildman–Crippen LogP) is 1.81. The fraction of sp³-hybridized carbons (Fsp3) is 0.444. The molecular formula is C9H13NO2S. The molecule has 0 aliphatic heterocycles. The maximum atomic E-state index is 11.3. The molecule has 0 spiro atoms. The van der Waals surface area contributed by atoms with Crippen LogP contribution in [-0.2, 0) is 0 Å². The minimum Gasteiger partial charge on any atom is -0.492 e. The van der Waals surface area contributed by atoms with Gasteiger partial charge in [-0.1, -0.05) is 0 Å². The summed E-state index contributed by atoms with van der Waals surface area (Å²) >= 11 is 1.45. The molecule has 0 bridgehead atoms. The molecule has 1 aromatic heterocycles. The maximum absolute atomic E-state index is 11.3. The Kier molecular flexibility index (Phi) is 3.31. The average Bonchev–Trinajstić information content (AvgIpc) is 2.46. The van der Waals surface area contributed by atoms with Crippen LogP contribution in [-0.4, -0.2) is 19.6 Å². The van der Waals surface area contributed by atoms with Gasteiger partial charge in [0.25, 0.3) is 5.91 Å². The summed E-state index contributed by atoms with van der Waals surface area (Å²) in [4.78, 5) is 13.1. The van der Waals surface area contributed by atoms with Crippen molar-refractivity contribution < 1.29 is 9.53 Å². The second-order valence-corrected chi connectivity index (χ2v) is 3.82. The van der Waals surface area contributed by atoms with Gasteiger partial charge in [0.1, 0.15) is 10.6 Å². The molecule has 0 unspecified atom stereocenters. The van der Waals surface area contributed by atoms with E-state index in [1.807, 2.05) is 19.9 Å². The summed E-state index contributed by atoms with van der Waals surface area (Å²) in [5, 5.41) is 2.58. The van der Waals surface area contributed by atoms with Crippen molar-refractivity contribution in [2.45, 2.75) is 13.8 Å². The Hall–Kier alpha value is -1.03. The summed E-state index contributed by atoms with van der Waals surface area (Å²) in [5.41, 5.74) is 0. The van der Waals surface area contributed by atoms with Gasteiger partial charge in [-0.2, -0.15) is 0 Å². The topological polar surface area (TPSA) is 38.3 Å². The summed E-state index contributed by atoms with van der Waals surface area (Å²) in [6.07, 6.45) is 0. The number of hydrogen-bond donors (Lipinski definition) is 1. The molecule has 1 N–H and O–H groups in total. The first-order valence-corrected chi connectivity index (χ1v) is 4.96. The van der Waals surface area contributed by atoms with Crippen molar-refractivity contribution >= 4 is 17.2 Å². The average molecular weight is 199 g/mol. The Morgan fingerprint density at radius 1 is 1.69 bits per heavy atom. The highest BCUT2D eigenvalue weighted by Crippen LogP contribution is 2.28. The second kappa shape index (κ2) is 4.28. The molecule has 1 heterocycles. The smallest absolute Gasteiger partial charge is 0.264 e. The number of ether oxygens (including phenoxy) is 1. The van der Waals surface area contributed by atoms with Gasteiger partial charge in [-0.05, 0) is 19.9 Å². The molecule has 0 fully saturated rings. The van der Waals surface area contributed by atoms with Gasteiger partial charge in [0.05, 0.1) is 6.61 Å². The number of carbonyl (C=O) groups is 1. The van der Waals surface area contributed by atoms with Gasteiger partial charge in [-0.3, -0.25) is 4.79 Å². The molecule has 0 atom stereocenters. The van der Waals surface area contributed by atoms with Crippen molar-refractivity contribution in [3.63, 3.8) is 0 Å². The number of aryl methyl sites for hydroxylation is 1. The van der Waals surface area contributed by atoms with Gasteiger partial charge in [-0.25, -0.2) is 0 Å². The molecule has 1 rings (SSSR count). The van der Waals surface area contributed by atoms with E-state index in [9.17, 15) is 4.79 Å². The van der Waals surface area contributed by atoms with Gasteiger partial charge in [0.15, 0.2) is 0 Å². The molecule has 0 aromatic carbocycles. The van der Waals surface area contributed by atoms with E-state index in [2.05, 4.69) is 5.32 Å². The standard InChI is InChI=1S/C9H13NO2S/c1-4-12-7-5-6(2)13-8(7)9(11)10-3/h5H,4H2,1-3H3,(H,10,11). The lowest BCUT2D eigenvalue weighted by Gasteiger charge is -2.02. The number of thiophene rings is 1. The van der Waals surface area contributed by atoms with E-state index in [1.165, 1.54) is 11.3 Å². The van der Waals surface area contributed by atoms with Gasteiger partial charge in [-0.15, -0.1) is 11.3 Å². The summed E-state index contributed by atoms with van der Waals surface area (Å²) in [7, 11) is 1.62. The van der Waals surface area contributed by atoms with Crippen LogP contribution in [0.1, 0.15) is 21.5 Å². The van der Waals surface area contributed by atoms with Gasteiger partial charge in [0, 0.05) is 11.9 Å². The zero-order valence-corrected chi connectivity index (χ0v) is 8.83. The van der Waals surface area contributed by atoms with Crippen molar-refractivity contribution in [3.05, 3.63) is 15.8 Å². The fourth-order valence-electron chi connectivity index (χ4n) is 1.03. The highest BCUT2D eigenvalue weighted by molar-refractivity contribution is 7.14. The second-order valence-electron chi connectivity index (χ2n) is 2.56. The van der Waals surface area contributed by atoms with Crippen molar-refractivity contribution in [2.75, 3.05) is 13.7 Å². The van der Waals surface area contributed by atoms with E-state index < -0.39 is 0 Å². The molecule has 3 nitrogen and oxygen atoms in total. The van der Waals surface area contributed by atoms with Gasteiger partial charge < -0.3 is 10.1 Å². The minimum atomic E-state index is -0.0819. The van der Waals surface area contributed by atoms with Crippen LogP contribution in [0.3, 0.4) is 0 Å². The molecular weight excluding hydrogens is 186 g/mol. The van der Waals surface area contributed by atoms with E-state index >= 15 is 0 Å². The highest BCUT2D eigenvalue weighted by atomic mass is 32.1. The summed E-state index contributed by atoms with van der Waals surface area (Å²) in [6, 6.07) is 1.89. The molecule has 0 saturated heterocycles. The fourth-order valence-corrected chi connectivity index (χ4v) is 1.93. The van der Waals surface area contributed by atoms with Crippen LogP contribution in [0.5, 0.6) is 5.75 Å². The van der Waals surface area contributed by atoms with E-state index in [4.69, 9.17) is 4.74 Å². The number of nitrogens with one attached hydrogen (secondary N) is 1. The van der Waals surface area contributed by atoms with E-state index in [0.29, 0.717) is 17.2 Å². The third kappa shape index (κ3) is 2.21. The Morgan fingerprint density at radius 3 is 2.92 bits per heavy atom. The number of hydrogen-bond acceptors (Lipinski definition) is 3. The predicted molar refractivity (Wildman–Crippen MR) is 53.6 cm³/mol. The SMILES string of the molecule is CCOc1cc(C)sc1C(=O)NC. The molecule has 72 valence electrons.